The second-order valence-corrected chi connectivity index (χ2v) is 11.6. The Morgan fingerprint density at radius 1 is 1.00 bits per heavy atom. The predicted molar refractivity (Wildman–Crippen MR) is 152 cm³/mol. The maximum atomic E-state index is 14.0. The number of hydrogen-bond acceptors (Lipinski definition) is 4. The molecule has 0 aliphatic carbocycles. The normalized spacial score (nSPS) is 24.1. The summed E-state index contributed by atoms with van der Waals surface area (Å²) in [5, 5.41) is 0. The van der Waals surface area contributed by atoms with Crippen molar-refractivity contribution in [3.63, 3.8) is 0 Å². The lowest BCUT2D eigenvalue weighted by Gasteiger charge is -2.41. The number of hydrogen-bond donors (Lipinski definition) is 0. The maximum Gasteiger partial charge on any atom is 0.225 e. The highest BCUT2D eigenvalue weighted by Gasteiger charge is 2.38. The summed E-state index contributed by atoms with van der Waals surface area (Å²) in [5.41, 5.74) is 2.18. The van der Waals surface area contributed by atoms with Crippen LogP contribution in [0.15, 0.2) is 54.6 Å². The van der Waals surface area contributed by atoms with Crippen molar-refractivity contribution in [2.45, 2.75) is 77.0 Å². The van der Waals surface area contributed by atoms with Gasteiger partial charge in [0.2, 0.25) is 5.91 Å². The minimum absolute atomic E-state index is 0.0506. The summed E-state index contributed by atoms with van der Waals surface area (Å²) in [5.74, 6) is 1.29. The molecular weight excluding hydrogens is 460 g/mol. The average Bonchev–Trinajstić information content (AvgIpc) is 2.92. The number of carbonyl (C=O) groups is 1. The van der Waals surface area contributed by atoms with Crippen molar-refractivity contribution in [3.05, 3.63) is 65.7 Å². The molecule has 2 aromatic rings. The van der Waals surface area contributed by atoms with Gasteiger partial charge in [-0.25, -0.2) is 0 Å². The fourth-order valence-corrected chi connectivity index (χ4v) is 6.04. The summed E-state index contributed by atoms with van der Waals surface area (Å²) in [6.45, 7) is 7.77. The van der Waals surface area contributed by atoms with E-state index in [2.05, 4.69) is 87.1 Å². The van der Waals surface area contributed by atoms with E-state index in [1.165, 1.54) is 5.56 Å². The number of benzene rings is 2. The molecule has 3 rings (SSSR count). The van der Waals surface area contributed by atoms with E-state index in [9.17, 15) is 4.79 Å². The lowest BCUT2D eigenvalue weighted by atomic mass is 9.76. The molecule has 0 radical (unpaired) electrons. The molecule has 5 heteroatoms. The Kier molecular flexibility index (Phi) is 10.2. The minimum Gasteiger partial charge on any atom is -0.497 e. The molecule has 0 saturated carbocycles. The molecule has 0 bridgehead atoms. The largest absolute Gasteiger partial charge is 0.497 e. The van der Waals surface area contributed by atoms with E-state index in [0.29, 0.717) is 6.54 Å². The van der Waals surface area contributed by atoms with Crippen LogP contribution < -0.4 is 4.74 Å². The molecule has 2 aromatic carbocycles. The molecule has 0 spiro atoms. The molecule has 1 amide bonds. The molecule has 1 fully saturated rings. The first-order valence-electron chi connectivity index (χ1n) is 13.8. The van der Waals surface area contributed by atoms with Gasteiger partial charge in [0.1, 0.15) is 5.75 Å². The van der Waals surface area contributed by atoms with Crippen LogP contribution in [0.5, 0.6) is 5.75 Å². The van der Waals surface area contributed by atoms with E-state index in [0.717, 1.165) is 56.4 Å². The molecule has 37 heavy (non-hydrogen) atoms. The van der Waals surface area contributed by atoms with Crippen LogP contribution in [0.3, 0.4) is 0 Å². The van der Waals surface area contributed by atoms with Gasteiger partial charge in [0.15, 0.2) is 0 Å². The van der Waals surface area contributed by atoms with Gasteiger partial charge in [-0.1, -0.05) is 55.8 Å². The van der Waals surface area contributed by atoms with Crippen molar-refractivity contribution >= 4 is 5.91 Å². The fourth-order valence-electron chi connectivity index (χ4n) is 6.04. The molecule has 0 aromatic heterocycles. The quantitative estimate of drug-likeness (QED) is 0.407. The molecule has 1 aliphatic rings. The number of amides is 1. The van der Waals surface area contributed by atoms with Crippen molar-refractivity contribution in [1.82, 2.24) is 9.80 Å². The van der Waals surface area contributed by atoms with E-state index >= 15 is 0 Å². The van der Waals surface area contributed by atoms with Crippen LogP contribution in [-0.4, -0.2) is 56.2 Å². The topological polar surface area (TPSA) is 42.0 Å². The van der Waals surface area contributed by atoms with Crippen molar-refractivity contribution in [2.24, 2.45) is 11.8 Å². The van der Waals surface area contributed by atoms with Gasteiger partial charge in [0.25, 0.3) is 0 Å². The summed E-state index contributed by atoms with van der Waals surface area (Å²) in [7, 11) is 7.88. The van der Waals surface area contributed by atoms with Crippen LogP contribution in [-0.2, 0) is 21.6 Å². The first-order chi connectivity index (χ1) is 17.6. The first-order valence-corrected chi connectivity index (χ1v) is 13.8. The monoisotopic (exact) mass is 508 g/mol. The third-order valence-electron chi connectivity index (χ3n) is 8.60. The SMILES string of the molecule is COc1ccc(CN2CCC[C@](c3ccccc3)(N(C)C)CCCC(CC(C)(C)OC)C(C)C2=O)cc1. The molecule has 0 N–H and O–H groups in total. The Balaban J connectivity index is 1.95. The highest BCUT2D eigenvalue weighted by Crippen LogP contribution is 2.40. The lowest BCUT2D eigenvalue weighted by Crippen LogP contribution is -2.42. The van der Waals surface area contributed by atoms with E-state index in [1.807, 2.05) is 12.1 Å². The zero-order chi connectivity index (χ0) is 27.1. The number of ether oxygens (including phenoxy) is 2. The van der Waals surface area contributed by atoms with E-state index in [-0.39, 0.29) is 28.9 Å². The molecule has 2 unspecified atom stereocenters. The van der Waals surface area contributed by atoms with E-state index in [1.54, 1.807) is 14.2 Å². The van der Waals surface area contributed by atoms with Crippen LogP contribution in [0.1, 0.15) is 70.4 Å². The minimum atomic E-state index is -0.266. The Morgan fingerprint density at radius 2 is 1.65 bits per heavy atom. The fraction of sp³-hybridized carbons (Fsp3) is 0.594. The number of methoxy groups -OCH3 is 2. The highest BCUT2D eigenvalue weighted by atomic mass is 16.5. The Hall–Kier alpha value is -2.37. The first kappa shape index (κ1) is 29.2. The van der Waals surface area contributed by atoms with Gasteiger partial charge >= 0.3 is 0 Å². The summed E-state index contributed by atoms with van der Waals surface area (Å²) in [6, 6.07) is 19.0. The number of carbonyl (C=O) groups excluding carboxylic acids is 1. The van der Waals surface area contributed by atoms with Crippen molar-refractivity contribution in [2.75, 3.05) is 34.9 Å². The van der Waals surface area contributed by atoms with Crippen LogP contribution >= 0.6 is 0 Å². The van der Waals surface area contributed by atoms with Crippen molar-refractivity contribution < 1.29 is 14.3 Å². The molecule has 5 nitrogen and oxygen atoms in total. The summed E-state index contributed by atoms with van der Waals surface area (Å²) < 4.78 is 11.2. The molecule has 3 atom stereocenters. The summed E-state index contributed by atoms with van der Waals surface area (Å²) in [4.78, 5) is 18.5. The lowest BCUT2D eigenvalue weighted by molar-refractivity contribution is -0.138. The van der Waals surface area contributed by atoms with Gasteiger partial charge < -0.3 is 14.4 Å². The molecule has 204 valence electrons. The van der Waals surface area contributed by atoms with Gasteiger partial charge in [0, 0.05) is 31.7 Å². The Morgan fingerprint density at radius 3 is 2.24 bits per heavy atom. The zero-order valence-electron chi connectivity index (χ0n) is 24.1. The standard InChI is InChI=1S/C32H48N2O3/c1-25-27(23-31(2,3)37-7)13-11-20-32(33(4)5,28-14-9-8-10-15-28)21-12-22-34(30(25)35)24-26-16-18-29(36-6)19-17-26/h8-10,14-19,25,27H,11-13,20-24H2,1-7H3/t25?,27?,32-/m1/s1. The molecule has 1 aliphatic heterocycles. The summed E-state index contributed by atoms with van der Waals surface area (Å²) >= 11 is 0. The van der Waals surface area contributed by atoms with E-state index in [4.69, 9.17) is 9.47 Å². The van der Waals surface area contributed by atoms with Crippen LogP contribution in [0, 0.1) is 11.8 Å². The van der Waals surface area contributed by atoms with Gasteiger partial charge in [-0.05, 0) is 89.2 Å². The van der Waals surface area contributed by atoms with Gasteiger partial charge in [-0.2, -0.15) is 0 Å². The van der Waals surface area contributed by atoms with Crippen LogP contribution in [0.2, 0.25) is 0 Å². The van der Waals surface area contributed by atoms with Gasteiger partial charge in [-0.15, -0.1) is 0 Å². The van der Waals surface area contributed by atoms with Crippen LogP contribution in [0.25, 0.3) is 0 Å². The molecule has 1 heterocycles. The Labute approximate surface area is 225 Å². The predicted octanol–water partition coefficient (Wildman–Crippen LogP) is 6.51. The Bertz CT molecular complexity index is 973. The smallest absolute Gasteiger partial charge is 0.225 e. The second kappa shape index (κ2) is 12.9. The van der Waals surface area contributed by atoms with Gasteiger partial charge in [-0.3, -0.25) is 9.69 Å². The van der Waals surface area contributed by atoms with Gasteiger partial charge in [0.05, 0.1) is 12.7 Å². The average molecular weight is 509 g/mol. The van der Waals surface area contributed by atoms with E-state index < -0.39 is 0 Å². The maximum absolute atomic E-state index is 14.0. The molecule has 1 saturated heterocycles. The number of nitrogens with zero attached hydrogens (tertiary/aromatic N) is 2. The summed E-state index contributed by atoms with van der Waals surface area (Å²) in [6.07, 6.45) is 6.00. The van der Waals surface area contributed by atoms with Crippen LogP contribution in [0.4, 0.5) is 0 Å². The zero-order valence-corrected chi connectivity index (χ0v) is 24.1. The third kappa shape index (κ3) is 7.36. The molecular formula is C32H48N2O3. The van der Waals surface area contributed by atoms with Crippen molar-refractivity contribution in [3.8, 4) is 5.75 Å². The highest BCUT2D eigenvalue weighted by molar-refractivity contribution is 5.78. The second-order valence-electron chi connectivity index (χ2n) is 11.6. The third-order valence-corrected chi connectivity index (χ3v) is 8.60. The van der Waals surface area contributed by atoms with Crippen molar-refractivity contribution in [1.29, 1.82) is 0 Å². The number of rotatable bonds is 8.